The number of ketones is 1. The molecule has 0 bridgehead atoms. The van der Waals surface area contributed by atoms with E-state index in [0.29, 0.717) is 25.1 Å². The van der Waals surface area contributed by atoms with Crippen molar-refractivity contribution < 1.29 is 19.1 Å². The number of ether oxygens (including phenoxy) is 1. The van der Waals surface area contributed by atoms with Crippen LogP contribution in [0.2, 0.25) is 0 Å². The number of amides is 3. The highest BCUT2D eigenvalue weighted by Crippen LogP contribution is 2.34. The quantitative estimate of drug-likeness (QED) is 0.466. The Hall–Kier alpha value is -2.93. The molecule has 1 saturated heterocycles. The molecule has 0 spiro atoms. The zero-order chi connectivity index (χ0) is 22.6. The summed E-state index contributed by atoms with van der Waals surface area (Å²) in [5, 5.41) is 2.90. The molecule has 3 amide bonds. The Bertz CT molecular complexity index is 967. The standard InChI is InChI=1S/C24H31N3O4/c1-5-6-12-24(19-10-8-7-9-11-19)22(29)27(23(30)25-24)16-21(28)20-15-17(2)26(18(20)3)13-14-31-4/h7-11,15H,5-6,12-14,16H2,1-4H3,(H,25,30). The summed E-state index contributed by atoms with van der Waals surface area (Å²) in [6.45, 7) is 6.74. The van der Waals surface area contributed by atoms with Gasteiger partial charge in [0.1, 0.15) is 5.54 Å². The molecule has 7 nitrogen and oxygen atoms in total. The molecule has 1 aromatic heterocycles. The van der Waals surface area contributed by atoms with Crippen molar-refractivity contribution in [3.05, 3.63) is 58.9 Å². The van der Waals surface area contributed by atoms with Gasteiger partial charge in [-0.3, -0.25) is 14.5 Å². The van der Waals surface area contributed by atoms with Gasteiger partial charge in [-0.1, -0.05) is 50.1 Å². The van der Waals surface area contributed by atoms with E-state index >= 15 is 0 Å². The first kappa shape index (κ1) is 22.7. The van der Waals surface area contributed by atoms with E-state index in [-0.39, 0.29) is 18.2 Å². The van der Waals surface area contributed by atoms with Crippen molar-refractivity contribution in [1.29, 1.82) is 0 Å². The van der Waals surface area contributed by atoms with Crippen LogP contribution in [0.25, 0.3) is 0 Å². The molecule has 1 aliphatic heterocycles. The number of unbranched alkanes of at least 4 members (excludes halogenated alkanes) is 1. The molecule has 1 fully saturated rings. The van der Waals surface area contributed by atoms with Gasteiger partial charge in [0.25, 0.3) is 5.91 Å². The first-order chi connectivity index (χ1) is 14.9. The summed E-state index contributed by atoms with van der Waals surface area (Å²) in [5.41, 5.74) is 1.90. The van der Waals surface area contributed by atoms with E-state index in [9.17, 15) is 14.4 Å². The molecular weight excluding hydrogens is 394 g/mol. The van der Waals surface area contributed by atoms with Crippen LogP contribution in [0.4, 0.5) is 4.79 Å². The molecular formula is C24H31N3O4. The fourth-order valence-electron chi connectivity index (χ4n) is 4.28. The second-order valence-electron chi connectivity index (χ2n) is 8.05. The molecule has 0 aliphatic carbocycles. The number of Topliss-reactive ketones (excluding diaryl/α,β-unsaturated/α-hetero) is 1. The SMILES string of the molecule is CCCCC1(c2ccccc2)NC(=O)N(CC(=O)c2cc(C)n(CCOC)c2C)C1=O. The van der Waals surface area contributed by atoms with E-state index in [0.717, 1.165) is 34.7 Å². The van der Waals surface area contributed by atoms with Crippen LogP contribution in [0, 0.1) is 13.8 Å². The highest BCUT2D eigenvalue weighted by molar-refractivity contribution is 6.11. The summed E-state index contributed by atoms with van der Waals surface area (Å²) in [6, 6.07) is 10.6. The molecule has 3 rings (SSSR count). The predicted octanol–water partition coefficient (Wildman–Crippen LogP) is 3.57. The molecule has 0 saturated carbocycles. The van der Waals surface area contributed by atoms with Gasteiger partial charge in [0.2, 0.25) is 0 Å². The summed E-state index contributed by atoms with van der Waals surface area (Å²) in [5.74, 6) is -0.613. The number of imide groups is 1. The van der Waals surface area contributed by atoms with Crippen LogP contribution in [0.3, 0.4) is 0 Å². The molecule has 2 aromatic rings. The van der Waals surface area contributed by atoms with Crippen LogP contribution < -0.4 is 5.32 Å². The number of carbonyl (C=O) groups is 3. The molecule has 166 valence electrons. The Morgan fingerprint density at radius 2 is 1.87 bits per heavy atom. The number of methoxy groups -OCH3 is 1. The van der Waals surface area contributed by atoms with Crippen LogP contribution in [-0.4, -0.2) is 47.4 Å². The second-order valence-corrected chi connectivity index (χ2v) is 8.05. The summed E-state index contributed by atoms with van der Waals surface area (Å²) in [6.07, 6.45) is 2.17. The highest BCUT2D eigenvalue weighted by Gasteiger charge is 2.52. The summed E-state index contributed by atoms with van der Waals surface area (Å²) in [7, 11) is 1.63. The molecule has 7 heteroatoms. The van der Waals surface area contributed by atoms with Crippen molar-refractivity contribution >= 4 is 17.7 Å². The zero-order valence-corrected chi connectivity index (χ0v) is 18.7. The molecule has 0 radical (unpaired) electrons. The molecule has 1 aliphatic rings. The summed E-state index contributed by atoms with van der Waals surface area (Å²) < 4.78 is 7.16. The number of urea groups is 1. The van der Waals surface area contributed by atoms with Crippen LogP contribution in [0.5, 0.6) is 0 Å². The lowest BCUT2D eigenvalue weighted by Crippen LogP contribution is -2.44. The van der Waals surface area contributed by atoms with Crippen LogP contribution in [0.15, 0.2) is 36.4 Å². The lowest BCUT2D eigenvalue weighted by atomic mass is 9.85. The monoisotopic (exact) mass is 425 g/mol. The number of benzene rings is 1. The zero-order valence-electron chi connectivity index (χ0n) is 18.7. The third-order valence-corrected chi connectivity index (χ3v) is 6.04. The van der Waals surface area contributed by atoms with Gasteiger partial charge in [0.15, 0.2) is 5.78 Å². The topological polar surface area (TPSA) is 80.6 Å². The molecule has 2 heterocycles. The maximum atomic E-state index is 13.5. The van der Waals surface area contributed by atoms with E-state index in [4.69, 9.17) is 4.74 Å². The van der Waals surface area contributed by atoms with Gasteiger partial charge in [0.05, 0.1) is 13.2 Å². The minimum Gasteiger partial charge on any atom is -0.383 e. The molecule has 1 N–H and O–H groups in total. The molecule has 1 atom stereocenters. The number of rotatable bonds is 10. The molecule has 1 unspecified atom stereocenters. The number of aryl methyl sites for hydroxylation is 1. The largest absolute Gasteiger partial charge is 0.383 e. The van der Waals surface area contributed by atoms with Crippen LogP contribution in [-0.2, 0) is 21.6 Å². The fraction of sp³-hybridized carbons (Fsp3) is 0.458. The van der Waals surface area contributed by atoms with Gasteiger partial charge in [-0.2, -0.15) is 0 Å². The van der Waals surface area contributed by atoms with Gasteiger partial charge >= 0.3 is 6.03 Å². The minimum absolute atomic E-state index is 0.250. The molecule has 31 heavy (non-hydrogen) atoms. The number of carbonyl (C=O) groups excluding carboxylic acids is 3. The highest BCUT2D eigenvalue weighted by atomic mass is 16.5. The summed E-state index contributed by atoms with van der Waals surface area (Å²) in [4.78, 5) is 40.5. The number of hydrogen-bond donors (Lipinski definition) is 1. The fourth-order valence-corrected chi connectivity index (χ4v) is 4.28. The average molecular weight is 426 g/mol. The third-order valence-electron chi connectivity index (χ3n) is 6.04. The van der Waals surface area contributed by atoms with E-state index in [1.807, 2.05) is 61.7 Å². The van der Waals surface area contributed by atoms with Gasteiger partial charge in [0, 0.05) is 30.6 Å². The first-order valence-electron chi connectivity index (χ1n) is 10.7. The van der Waals surface area contributed by atoms with Gasteiger partial charge in [-0.15, -0.1) is 0 Å². The van der Waals surface area contributed by atoms with Crippen LogP contribution >= 0.6 is 0 Å². The Labute approximate surface area is 183 Å². The Balaban J connectivity index is 1.86. The Morgan fingerprint density at radius 1 is 1.16 bits per heavy atom. The van der Waals surface area contributed by atoms with E-state index in [1.54, 1.807) is 7.11 Å². The smallest absolute Gasteiger partial charge is 0.325 e. The van der Waals surface area contributed by atoms with Crippen molar-refractivity contribution in [2.45, 2.75) is 52.1 Å². The maximum absolute atomic E-state index is 13.5. The number of nitrogens with zero attached hydrogens (tertiary/aromatic N) is 2. The number of hydrogen-bond acceptors (Lipinski definition) is 4. The van der Waals surface area contributed by atoms with E-state index in [2.05, 4.69) is 5.32 Å². The maximum Gasteiger partial charge on any atom is 0.325 e. The normalized spacial score (nSPS) is 18.5. The summed E-state index contributed by atoms with van der Waals surface area (Å²) >= 11 is 0. The Morgan fingerprint density at radius 3 is 2.52 bits per heavy atom. The van der Waals surface area contributed by atoms with E-state index in [1.165, 1.54) is 0 Å². The van der Waals surface area contributed by atoms with Crippen molar-refractivity contribution in [2.24, 2.45) is 0 Å². The third kappa shape index (κ3) is 4.28. The average Bonchev–Trinajstić information content (AvgIpc) is 3.19. The van der Waals surface area contributed by atoms with Gasteiger partial charge in [-0.05, 0) is 31.9 Å². The van der Waals surface area contributed by atoms with Gasteiger partial charge in [-0.25, -0.2) is 4.79 Å². The van der Waals surface area contributed by atoms with Crippen molar-refractivity contribution in [3.8, 4) is 0 Å². The van der Waals surface area contributed by atoms with Crippen molar-refractivity contribution in [3.63, 3.8) is 0 Å². The minimum atomic E-state index is -1.12. The number of nitrogens with one attached hydrogen (secondary N) is 1. The lowest BCUT2D eigenvalue weighted by molar-refractivity contribution is -0.131. The molecule has 1 aromatic carbocycles. The van der Waals surface area contributed by atoms with E-state index < -0.39 is 11.6 Å². The van der Waals surface area contributed by atoms with Gasteiger partial charge < -0.3 is 14.6 Å². The Kier molecular flexibility index (Phi) is 6.95. The first-order valence-corrected chi connectivity index (χ1v) is 10.7. The number of aromatic nitrogens is 1. The second kappa shape index (κ2) is 9.47. The predicted molar refractivity (Wildman–Crippen MR) is 118 cm³/mol. The van der Waals surface area contributed by atoms with Crippen molar-refractivity contribution in [2.75, 3.05) is 20.3 Å². The lowest BCUT2D eigenvalue weighted by Gasteiger charge is -2.27. The van der Waals surface area contributed by atoms with Crippen molar-refractivity contribution in [1.82, 2.24) is 14.8 Å². The van der Waals surface area contributed by atoms with Crippen LogP contribution in [0.1, 0.15) is 53.5 Å².